The lowest BCUT2D eigenvalue weighted by Gasteiger charge is -2.47. The summed E-state index contributed by atoms with van der Waals surface area (Å²) in [7, 11) is 0. The maximum atomic E-state index is 13.9. The third-order valence-electron chi connectivity index (χ3n) is 8.46. The Morgan fingerprint density at radius 3 is 1.79 bits per heavy atom. The number of benzene rings is 4. The summed E-state index contributed by atoms with van der Waals surface area (Å²) >= 11 is 1.57. The Balaban J connectivity index is 1.37. The Bertz CT molecular complexity index is 1700. The van der Waals surface area contributed by atoms with Crippen molar-refractivity contribution >= 4 is 17.0 Å². The summed E-state index contributed by atoms with van der Waals surface area (Å²) < 4.78 is 29.9. The Labute approximate surface area is 247 Å². The smallest absolute Gasteiger partial charge is 0.215 e. The van der Waals surface area contributed by atoms with Gasteiger partial charge in [0.05, 0.1) is 11.4 Å². The number of nitrogens with zero attached hydrogens (tertiary/aromatic N) is 3. The van der Waals surface area contributed by atoms with Crippen LogP contribution in [0, 0.1) is 23.5 Å². The predicted molar refractivity (Wildman–Crippen MR) is 164 cm³/mol. The van der Waals surface area contributed by atoms with Crippen LogP contribution in [0.3, 0.4) is 0 Å². The zero-order valence-electron chi connectivity index (χ0n) is 22.9. The Hall–Kier alpha value is -4.20. The molecule has 4 nitrogen and oxygen atoms in total. The molecule has 1 aromatic heterocycles. The number of halogens is 2. The third-order valence-corrected chi connectivity index (χ3v) is 9.27. The molecule has 0 radical (unpaired) electrons. The number of aromatic nitrogens is 1. The van der Waals surface area contributed by atoms with E-state index in [1.807, 2.05) is 60.7 Å². The van der Waals surface area contributed by atoms with E-state index in [9.17, 15) is 8.78 Å². The van der Waals surface area contributed by atoms with Gasteiger partial charge in [0.1, 0.15) is 11.6 Å². The van der Waals surface area contributed by atoms with Crippen LogP contribution >= 0.6 is 11.3 Å². The van der Waals surface area contributed by atoms with Crippen molar-refractivity contribution in [3.63, 3.8) is 0 Å². The molecule has 0 spiro atoms. The van der Waals surface area contributed by atoms with E-state index < -0.39 is 0 Å². The van der Waals surface area contributed by atoms with Crippen molar-refractivity contribution in [2.24, 2.45) is 22.0 Å². The number of nitrogens with one attached hydrogen (secondary N) is 1. The maximum absolute atomic E-state index is 13.9. The van der Waals surface area contributed by atoms with Gasteiger partial charge in [-0.15, -0.1) is 16.4 Å². The average Bonchev–Trinajstić information content (AvgIpc) is 3.46. The van der Waals surface area contributed by atoms with Gasteiger partial charge in [0.15, 0.2) is 0 Å². The van der Waals surface area contributed by atoms with Gasteiger partial charge in [-0.1, -0.05) is 79.2 Å². The van der Waals surface area contributed by atoms with Crippen LogP contribution in [-0.4, -0.2) is 10.3 Å². The van der Waals surface area contributed by atoms with E-state index in [0.29, 0.717) is 0 Å². The first kappa shape index (κ1) is 26.7. The van der Waals surface area contributed by atoms with E-state index in [-0.39, 0.29) is 35.6 Å². The van der Waals surface area contributed by atoms with Crippen LogP contribution < -0.4 is 10.1 Å². The van der Waals surface area contributed by atoms with Crippen LogP contribution in [0.25, 0.3) is 16.9 Å². The maximum Gasteiger partial charge on any atom is 0.215 e. The summed E-state index contributed by atoms with van der Waals surface area (Å²) in [6.07, 6.45) is 3.00. The van der Waals surface area contributed by atoms with Crippen LogP contribution in [-0.2, 0) is 0 Å². The molecule has 0 amide bonds. The largest absolute Gasteiger partial charge is 0.302 e. The van der Waals surface area contributed by atoms with E-state index in [2.05, 4.69) is 39.5 Å². The fourth-order valence-electron chi connectivity index (χ4n) is 6.49. The Morgan fingerprint density at radius 2 is 1.21 bits per heavy atom. The van der Waals surface area contributed by atoms with Crippen LogP contribution in [0.2, 0.25) is 0 Å². The standard InChI is InChI=1S/C35H30F2N4S/c36-26-18-14-24(15-19-26)32-29-12-7-13-30(33(38-32)25-16-20-27(37)21-17-25)34(29)39-40-35-41(28-10-5-2-6-11-28)31(22-42-35)23-8-3-1-4-9-23/h1-6,8-11,14-22,29-30,32-33,38H,7,12-13H2/b39-34?,40-35-/t29-,30+,32+,33-. The molecule has 1 N–H and O–H groups in total. The summed E-state index contributed by atoms with van der Waals surface area (Å²) in [4.78, 5) is 0.792. The van der Waals surface area contributed by atoms with Gasteiger partial charge in [-0.05, 0) is 65.9 Å². The highest BCUT2D eigenvalue weighted by molar-refractivity contribution is 7.07. The van der Waals surface area contributed by atoms with Crippen LogP contribution in [0.4, 0.5) is 8.78 Å². The van der Waals surface area contributed by atoms with Crippen molar-refractivity contribution in [1.29, 1.82) is 0 Å². The van der Waals surface area contributed by atoms with Crippen molar-refractivity contribution in [1.82, 2.24) is 9.88 Å². The van der Waals surface area contributed by atoms with E-state index in [1.165, 1.54) is 24.3 Å². The topological polar surface area (TPSA) is 41.7 Å². The minimum Gasteiger partial charge on any atom is -0.302 e. The molecule has 1 saturated heterocycles. The Kier molecular flexibility index (Phi) is 7.36. The van der Waals surface area contributed by atoms with Crippen LogP contribution in [0.1, 0.15) is 42.5 Å². The summed E-state index contributed by atoms with van der Waals surface area (Å²) in [5.41, 5.74) is 6.28. The minimum atomic E-state index is -0.257. The lowest BCUT2D eigenvalue weighted by Crippen LogP contribution is -2.50. The zero-order valence-corrected chi connectivity index (χ0v) is 23.7. The molecule has 7 heteroatoms. The van der Waals surface area contributed by atoms with Crippen molar-refractivity contribution in [3.05, 3.63) is 142 Å². The second-order valence-corrected chi connectivity index (χ2v) is 11.8. The monoisotopic (exact) mass is 576 g/mol. The molecule has 2 fully saturated rings. The summed E-state index contributed by atoms with van der Waals surface area (Å²) in [5.74, 6) is -0.276. The molecule has 1 saturated carbocycles. The van der Waals surface area contributed by atoms with Gasteiger partial charge in [-0.2, -0.15) is 5.10 Å². The number of piperidine rings is 1. The molecule has 1 aliphatic heterocycles. The molecule has 4 aromatic carbocycles. The highest BCUT2D eigenvalue weighted by atomic mass is 32.1. The highest BCUT2D eigenvalue weighted by Gasteiger charge is 2.45. The number of hydrogen-bond acceptors (Lipinski definition) is 4. The number of fused-ring (bicyclic) bond motifs is 2. The summed E-state index contributed by atoms with van der Waals surface area (Å²) in [6, 6.07) is 33.9. The molecular formula is C35H30F2N4S. The third kappa shape index (κ3) is 5.14. The van der Waals surface area contributed by atoms with E-state index in [1.54, 1.807) is 11.3 Å². The van der Waals surface area contributed by atoms with Gasteiger partial charge in [-0.3, -0.25) is 4.57 Å². The molecule has 2 aliphatic rings. The van der Waals surface area contributed by atoms with Gasteiger partial charge in [-0.25, -0.2) is 8.78 Å². The average molecular weight is 577 g/mol. The first-order valence-corrected chi connectivity index (χ1v) is 15.2. The molecule has 0 unspecified atom stereocenters. The lowest BCUT2D eigenvalue weighted by atomic mass is 9.67. The van der Waals surface area contributed by atoms with E-state index in [0.717, 1.165) is 57.8 Å². The number of para-hydroxylation sites is 1. The molecule has 7 rings (SSSR count). The number of rotatable bonds is 5. The predicted octanol–water partition coefficient (Wildman–Crippen LogP) is 8.24. The second kappa shape index (κ2) is 11.6. The fourth-order valence-corrected chi connectivity index (χ4v) is 7.35. The normalized spacial score (nSPS) is 23.3. The first-order valence-electron chi connectivity index (χ1n) is 14.4. The van der Waals surface area contributed by atoms with Crippen LogP contribution in [0.15, 0.2) is 125 Å². The molecule has 4 atom stereocenters. The highest BCUT2D eigenvalue weighted by Crippen LogP contribution is 2.46. The van der Waals surface area contributed by atoms with Crippen molar-refractivity contribution < 1.29 is 8.78 Å². The first-order chi connectivity index (χ1) is 20.7. The lowest BCUT2D eigenvalue weighted by molar-refractivity contribution is 0.233. The van der Waals surface area contributed by atoms with Gasteiger partial charge in [0.2, 0.25) is 4.80 Å². The summed E-state index contributed by atoms with van der Waals surface area (Å²) in [5, 5.41) is 16.0. The van der Waals surface area contributed by atoms with E-state index in [4.69, 9.17) is 10.2 Å². The quantitative estimate of drug-likeness (QED) is 0.210. The Morgan fingerprint density at radius 1 is 0.667 bits per heavy atom. The van der Waals surface area contributed by atoms with Gasteiger partial charge < -0.3 is 5.32 Å². The van der Waals surface area contributed by atoms with Gasteiger partial charge in [0, 0.05) is 35.0 Å². The SMILES string of the molecule is Fc1ccc([C@H]2N[C@@H](c3ccc(F)cc3)[C@H]3CCC[C@@H]2C3=N/N=c2\scc(-c3ccccc3)n2-c2ccccc2)cc1. The number of hydrogen-bond donors (Lipinski definition) is 1. The van der Waals surface area contributed by atoms with Crippen LogP contribution in [0.5, 0.6) is 0 Å². The fraction of sp³-hybridized carbons (Fsp3) is 0.200. The van der Waals surface area contributed by atoms with E-state index >= 15 is 0 Å². The van der Waals surface area contributed by atoms with Crippen molar-refractivity contribution in [2.75, 3.05) is 0 Å². The molecule has 42 heavy (non-hydrogen) atoms. The van der Waals surface area contributed by atoms with Crippen molar-refractivity contribution in [2.45, 2.75) is 31.3 Å². The molecule has 2 bridgehead atoms. The minimum absolute atomic E-state index is 0.0596. The van der Waals surface area contributed by atoms with Crippen molar-refractivity contribution in [3.8, 4) is 16.9 Å². The molecular weight excluding hydrogens is 546 g/mol. The second-order valence-electron chi connectivity index (χ2n) is 10.9. The molecule has 5 aromatic rings. The van der Waals surface area contributed by atoms with Gasteiger partial charge in [0.25, 0.3) is 0 Å². The number of thiazole rings is 1. The zero-order chi connectivity index (χ0) is 28.5. The molecule has 2 heterocycles. The summed E-state index contributed by atoms with van der Waals surface area (Å²) in [6.45, 7) is 0. The van der Waals surface area contributed by atoms with Gasteiger partial charge >= 0.3 is 0 Å². The molecule has 1 aliphatic carbocycles. The molecule has 210 valence electrons.